The average Bonchev–Trinajstić information content (AvgIpc) is 2.81. The van der Waals surface area contributed by atoms with Crippen molar-refractivity contribution < 1.29 is 4.74 Å². The minimum absolute atomic E-state index is 0.896. The van der Waals surface area contributed by atoms with Gasteiger partial charge in [0.05, 0.1) is 13.4 Å². The Morgan fingerprint density at radius 1 is 1.33 bits per heavy atom. The number of methoxy groups -OCH3 is 1. The van der Waals surface area contributed by atoms with Gasteiger partial charge < -0.3 is 9.72 Å². The number of ether oxygens (including phenoxy) is 1. The van der Waals surface area contributed by atoms with Gasteiger partial charge in [0.1, 0.15) is 10.4 Å². The van der Waals surface area contributed by atoms with Gasteiger partial charge in [-0.25, -0.2) is 4.98 Å². The van der Waals surface area contributed by atoms with Crippen LogP contribution in [-0.4, -0.2) is 17.1 Å². The van der Waals surface area contributed by atoms with E-state index < -0.39 is 0 Å². The van der Waals surface area contributed by atoms with Gasteiger partial charge in [0.2, 0.25) is 0 Å². The average molecular weight is 309 g/mol. The van der Waals surface area contributed by atoms with Crippen molar-refractivity contribution in [3.63, 3.8) is 0 Å². The van der Waals surface area contributed by atoms with Crippen molar-refractivity contribution in [2.45, 2.75) is 26.2 Å². The number of halogens is 1. The van der Waals surface area contributed by atoms with Gasteiger partial charge in [-0.05, 0) is 52.4 Å². The number of nitrogens with zero attached hydrogens (tertiary/aromatic N) is 1. The Morgan fingerprint density at radius 3 is 2.78 bits per heavy atom. The molecule has 0 amide bonds. The van der Waals surface area contributed by atoms with Gasteiger partial charge in [0.15, 0.2) is 0 Å². The Morgan fingerprint density at radius 2 is 2.17 bits per heavy atom. The Bertz CT molecular complexity index is 522. The molecule has 0 aliphatic heterocycles. The fourth-order valence-electron chi connectivity index (χ4n) is 1.99. The first-order valence-corrected chi connectivity index (χ1v) is 6.87. The van der Waals surface area contributed by atoms with E-state index in [0.29, 0.717) is 0 Å². The summed E-state index contributed by atoms with van der Waals surface area (Å²) < 4.78 is 6.30. The molecule has 18 heavy (non-hydrogen) atoms. The highest BCUT2D eigenvalue weighted by Crippen LogP contribution is 2.23. The Labute approximate surface area is 116 Å². The number of hydrogen-bond donors (Lipinski definition) is 1. The lowest BCUT2D eigenvalue weighted by Crippen LogP contribution is -1.97. The van der Waals surface area contributed by atoms with Crippen molar-refractivity contribution in [3.05, 3.63) is 46.0 Å². The molecule has 0 saturated heterocycles. The van der Waals surface area contributed by atoms with Crippen molar-refractivity contribution in [2.75, 3.05) is 7.11 Å². The molecule has 0 saturated carbocycles. The Balaban J connectivity index is 2.14. The van der Waals surface area contributed by atoms with Crippen molar-refractivity contribution >= 4 is 15.9 Å². The molecule has 1 N–H and O–H groups in total. The topological polar surface area (TPSA) is 37.9 Å². The summed E-state index contributed by atoms with van der Waals surface area (Å²) in [4.78, 5) is 7.28. The molecule has 1 heterocycles. The van der Waals surface area contributed by atoms with E-state index in [1.54, 1.807) is 13.4 Å². The lowest BCUT2D eigenvalue weighted by atomic mass is 10.0. The standard InChI is InChI=1S/C14H17BrN2O/c1-3-10-4-7-13(18-2)11(8-10)5-6-12-14(15)17-9-16-12/h4,7-9H,3,5-6H2,1-2H3,(H,16,17). The summed E-state index contributed by atoms with van der Waals surface area (Å²) in [6.07, 6.45) is 4.62. The van der Waals surface area contributed by atoms with Crippen LogP contribution in [0.5, 0.6) is 5.75 Å². The maximum absolute atomic E-state index is 5.41. The molecule has 0 unspecified atom stereocenters. The molecule has 2 aromatic rings. The van der Waals surface area contributed by atoms with E-state index in [1.807, 2.05) is 0 Å². The molecule has 0 radical (unpaired) electrons. The first kappa shape index (κ1) is 13.1. The molecule has 2 rings (SSSR count). The second kappa shape index (κ2) is 6.05. The molecule has 0 bridgehead atoms. The quantitative estimate of drug-likeness (QED) is 0.917. The number of benzene rings is 1. The maximum Gasteiger partial charge on any atom is 0.127 e. The van der Waals surface area contributed by atoms with Crippen LogP contribution in [0.2, 0.25) is 0 Å². The van der Waals surface area contributed by atoms with E-state index in [-0.39, 0.29) is 0 Å². The molecule has 0 aliphatic carbocycles. The van der Waals surface area contributed by atoms with Crippen LogP contribution in [0.4, 0.5) is 0 Å². The summed E-state index contributed by atoms with van der Waals surface area (Å²) in [6, 6.07) is 6.40. The fraction of sp³-hybridized carbons (Fsp3) is 0.357. The van der Waals surface area contributed by atoms with Crippen LogP contribution in [-0.2, 0) is 19.3 Å². The van der Waals surface area contributed by atoms with Crippen LogP contribution in [0.15, 0.2) is 29.1 Å². The highest BCUT2D eigenvalue weighted by Gasteiger charge is 2.07. The van der Waals surface area contributed by atoms with Crippen molar-refractivity contribution in [3.8, 4) is 5.75 Å². The molecule has 0 atom stereocenters. The van der Waals surface area contributed by atoms with Crippen LogP contribution in [0.25, 0.3) is 0 Å². The number of rotatable bonds is 5. The molecule has 0 fully saturated rings. The number of aromatic nitrogens is 2. The van der Waals surface area contributed by atoms with Crippen LogP contribution in [0.3, 0.4) is 0 Å². The van der Waals surface area contributed by atoms with Gasteiger partial charge in [-0.3, -0.25) is 0 Å². The van der Waals surface area contributed by atoms with E-state index in [0.717, 1.165) is 35.3 Å². The highest BCUT2D eigenvalue weighted by atomic mass is 79.9. The van der Waals surface area contributed by atoms with Gasteiger partial charge in [-0.15, -0.1) is 0 Å². The summed E-state index contributed by atoms with van der Waals surface area (Å²) in [7, 11) is 1.72. The monoisotopic (exact) mass is 308 g/mol. The molecule has 4 heteroatoms. The first-order chi connectivity index (χ1) is 8.74. The Hall–Kier alpha value is -1.29. The minimum atomic E-state index is 0.896. The summed E-state index contributed by atoms with van der Waals surface area (Å²) >= 11 is 3.43. The van der Waals surface area contributed by atoms with Crippen molar-refractivity contribution in [2.24, 2.45) is 0 Å². The second-order valence-corrected chi connectivity index (χ2v) is 4.92. The highest BCUT2D eigenvalue weighted by molar-refractivity contribution is 9.10. The molecule has 0 spiro atoms. The van der Waals surface area contributed by atoms with E-state index >= 15 is 0 Å². The maximum atomic E-state index is 5.41. The van der Waals surface area contributed by atoms with Crippen LogP contribution in [0, 0.1) is 0 Å². The predicted octanol–water partition coefficient (Wildman–Crippen LogP) is 3.53. The first-order valence-electron chi connectivity index (χ1n) is 6.08. The molecule has 0 aliphatic rings. The lowest BCUT2D eigenvalue weighted by molar-refractivity contribution is 0.409. The SMILES string of the molecule is CCc1ccc(OC)c(CCc2[nH]cnc2Br)c1. The van der Waals surface area contributed by atoms with Crippen LogP contribution < -0.4 is 4.74 Å². The summed E-state index contributed by atoms with van der Waals surface area (Å²) in [6.45, 7) is 2.16. The number of imidazole rings is 1. The number of aromatic amines is 1. The summed E-state index contributed by atoms with van der Waals surface area (Å²) in [5, 5.41) is 0. The zero-order chi connectivity index (χ0) is 13.0. The third-order valence-corrected chi connectivity index (χ3v) is 3.75. The number of H-pyrrole nitrogens is 1. The summed E-state index contributed by atoms with van der Waals surface area (Å²) in [5.41, 5.74) is 3.71. The third-order valence-electron chi connectivity index (χ3n) is 3.06. The minimum Gasteiger partial charge on any atom is -0.496 e. The Kier molecular flexibility index (Phi) is 4.42. The van der Waals surface area contributed by atoms with Gasteiger partial charge in [0.25, 0.3) is 0 Å². The third kappa shape index (κ3) is 2.93. The van der Waals surface area contributed by atoms with E-state index in [2.05, 4.69) is 51.0 Å². The number of nitrogens with one attached hydrogen (secondary N) is 1. The number of aryl methyl sites for hydroxylation is 3. The molecule has 1 aromatic carbocycles. The van der Waals surface area contributed by atoms with Gasteiger partial charge in [0, 0.05) is 5.69 Å². The van der Waals surface area contributed by atoms with Crippen LogP contribution in [0.1, 0.15) is 23.7 Å². The molecular formula is C14H17BrN2O. The number of hydrogen-bond acceptors (Lipinski definition) is 2. The fourth-order valence-corrected chi connectivity index (χ4v) is 2.40. The van der Waals surface area contributed by atoms with E-state index in [4.69, 9.17) is 4.74 Å². The molecule has 96 valence electrons. The van der Waals surface area contributed by atoms with E-state index in [9.17, 15) is 0 Å². The van der Waals surface area contributed by atoms with Gasteiger partial charge >= 0.3 is 0 Å². The van der Waals surface area contributed by atoms with Gasteiger partial charge in [-0.1, -0.05) is 19.1 Å². The van der Waals surface area contributed by atoms with Crippen molar-refractivity contribution in [1.82, 2.24) is 9.97 Å². The summed E-state index contributed by atoms with van der Waals surface area (Å²) in [5.74, 6) is 0.961. The lowest BCUT2D eigenvalue weighted by Gasteiger charge is -2.10. The van der Waals surface area contributed by atoms with E-state index in [1.165, 1.54) is 11.1 Å². The smallest absolute Gasteiger partial charge is 0.127 e. The largest absolute Gasteiger partial charge is 0.496 e. The second-order valence-electron chi connectivity index (χ2n) is 4.17. The van der Waals surface area contributed by atoms with Crippen molar-refractivity contribution in [1.29, 1.82) is 0 Å². The van der Waals surface area contributed by atoms with Gasteiger partial charge in [-0.2, -0.15) is 0 Å². The molecule has 1 aromatic heterocycles. The van der Waals surface area contributed by atoms with Crippen LogP contribution >= 0.6 is 15.9 Å². The molecule has 3 nitrogen and oxygen atoms in total. The zero-order valence-electron chi connectivity index (χ0n) is 10.7. The predicted molar refractivity (Wildman–Crippen MR) is 76.1 cm³/mol. The zero-order valence-corrected chi connectivity index (χ0v) is 12.3. The normalized spacial score (nSPS) is 10.6. The molecular weight excluding hydrogens is 292 g/mol.